The van der Waals surface area contributed by atoms with E-state index in [1.54, 1.807) is 32.9 Å². The molecule has 0 unspecified atom stereocenters. The molecule has 0 aliphatic heterocycles. The van der Waals surface area contributed by atoms with Crippen LogP contribution >= 0.6 is 0 Å². The maximum atomic E-state index is 13.8. The largest absolute Gasteiger partial charge is 0.309 e. The minimum Gasteiger partial charge on any atom is -0.309 e. The molecule has 0 spiro atoms. The van der Waals surface area contributed by atoms with Crippen molar-refractivity contribution in [2.75, 3.05) is 11.9 Å². The molecule has 2 aromatic carbocycles. The molecular formula is C18H21FN2O3S. The molecule has 0 atom stereocenters. The number of amides is 1. The van der Waals surface area contributed by atoms with Gasteiger partial charge in [-0.3, -0.25) is 4.79 Å². The molecule has 5 nitrogen and oxygen atoms in total. The molecule has 1 amide bonds. The summed E-state index contributed by atoms with van der Waals surface area (Å²) < 4.78 is 40.9. The third-order valence-corrected chi connectivity index (χ3v) is 5.14. The smallest absolute Gasteiger partial charge is 0.258 e. The third kappa shape index (κ3) is 4.64. The number of nitrogens with one attached hydrogen (secondary N) is 1. The van der Waals surface area contributed by atoms with Crippen LogP contribution in [0.25, 0.3) is 0 Å². The Bertz CT molecular complexity index is 872. The van der Waals surface area contributed by atoms with Crippen molar-refractivity contribution < 1.29 is 17.6 Å². The van der Waals surface area contributed by atoms with Gasteiger partial charge < -0.3 is 4.90 Å². The summed E-state index contributed by atoms with van der Waals surface area (Å²) in [7, 11) is -2.21. The molecule has 0 aromatic heterocycles. The molecule has 7 heteroatoms. The third-order valence-electron chi connectivity index (χ3n) is 3.37. The lowest BCUT2D eigenvalue weighted by molar-refractivity contribution is 0.0992. The van der Waals surface area contributed by atoms with Gasteiger partial charge in [-0.05, 0) is 57.2 Å². The summed E-state index contributed by atoms with van der Waals surface area (Å²) >= 11 is 0. The van der Waals surface area contributed by atoms with Crippen molar-refractivity contribution in [3.8, 4) is 0 Å². The number of rotatable bonds is 4. The number of sulfonamides is 1. The molecule has 0 aliphatic rings. The van der Waals surface area contributed by atoms with Crippen molar-refractivity contribution in [1.29, 1.82) is 0 Å². The van der Waals surface area contributed by atoms with Gasteiger partial charge in [-0.25, -0.2) is 17.5 Å². The fourth-order valence-corrected chi connectivity index (χ4v) is 3.68. The van der Waals surface area contributed by atoms with Gasteiger partial charge >= 0.3 is 0 Å². The number of nitrogens with zero attached hydrogens (tertiary/aromatic N) is 1. The lowest BCUT2D eigenvalue weighted by Crippen LogP contribution is -2.40. The highest BCUT2D eigenvalue weighted by Crippen LogP contribution is 2.20. The summed E-state index contributed by atoms with van der Waals surface area (Å²) in [6.07, 6.45) is 0. The van der Waals surface area contributed by atoms with Gasteiger partial charge in [0, 0.05) is 18.2 Å². The number of carbonyl (C=O) groups is 1. The standard InChI is InChI=1S/C18H21FN2O3S/c1-18(2,3)20-25(23,24)14-11-9-13(10-12-14)17(22)21(4)16-8-6-5-7-15(16)19/h5-12,20H,1-4H3. The van der Waals surface area contributed by atoms with Crippen LogP contribution in [0.15, 0.2) is 53.4 Å². The van der Waals surface area contributed by atoms with E-state index in [0.717, 1.165) is 0 Å². The molecule has 0 heterocycles. The van der Waals surface area contributed by atoms with Crippen LogP contribution in [0, 0.1) is 5.82 Å². The predicted molar refractivity (Wildman–Crippen MR) is 95.7 cm³/mol. The molecule has 1 N–H and O–H groups in total. The van der Waals surface area contributed by atoms with Gasteiger partial charge in [0.15, 0.2) is 0 Å². The number of halogens is 1. The molecular weight excluding hydrogens is 343 g/mol. The van der Waals surface area contributed by atoms with Crippen LogP contribution in [-0.4, -0.2) is 26.9 Å². The van der Waals surface area contributed by atoms with Crippen LogP contribution in [0.2, 0.25) is 0 Å². The highest BCUT2D eigenvalue weighted by Gasteiger charge is 2.23. The highest BCUT2D eigenvalue weighted by molar-refractivity contribution is 7.89. The minimum atomic E-state index is -3.67. The number of carbonyl (C=O) groups excluding carboxylic acids is 1. The van der Waals surface area contributed by atoms with Crippen LogP contribution in [0.5, 0.6) is 0 Å². The average molecular weight is 364 g/mol. The first-order valence-electron chi connectivity index (χ1n) is 7.68. The molecule has 2 aromatic rings. The summed E-state index contributed by atoms with van der Waals surface area (Å²) in [4.78, 5) is 13.7. The predicted octanol–water partition coefficient (Wildman–Crippen LogP) is 3.18. The Morgan fingerprint density at radius 1 is 1.04 bits per heavy atom. The zero-order valence-electron chi connectivity index (χ0n) is 14.6. The second-order valence-corrected chi connectivity index (χ2v) is 8.38. The average Bonchev–Trinajstić information content (AvgIpc) is 2.52. The van der Waals surface area contributed by atoms with Gasteiger partial charge in [0.05, 0.1) is 10.6 Å². The fourth-order valence-electron chi connectivity index (χ4n) is 2.27. The van der Waals surface area contributed by atoms with E-state index in [1.807, 2.05) is 0 Å². The van der Waals surface area contributed by atoms with Crippen LogP contribution in [0.3, 0.4) is 0 Å². The van der Waals surface area contributed by atoms with Crippen LogP contribution in [0.4, 0.5) is 10.1 Å². The molecule has 25 heavy (non-hydrogen) atoms. The lowest BCUT2D eigenvalue weighted by Gasteiger charge is -2.21. The van der Waals surface area contributed by atoms with Crippen LogP contribution in [0.1, 0.15) is 31.1 Å². The first kappa shape index (κ1) is 19.1. The monoisotopic (exact) mass is 364 g/mol. The lowest BCUT2D eigenvalue weighted by atomic mass is 10.1. The second kappa shape index (κ2) is 6.93. The number of para-hydroxylation sites is 1. The zero-order valence-corrected chi connectivity index (χ0v) is 15.4. The summed E-state index contributed by atoms with van der Waals surface area (Å²) in [6, 6.07) is 11.5. The van der Waals surface area contributed by atoms with E-state index in [-0.39, 0.29) is 16.1 Å². The molecule has 2 rings (SSSR count). The maximum Gasteiger partial charge on any atom is 0.258 e. The van der Waals surface area contributed by atoms with Gasteiger partial charge in [-0.2, -0.15) is 0 Å². The summed E-state index contributed by atoms with van der Waals surface area (Å²) in [5.41, 5.74) is -0.197. The van der Waals surface area contributed by atoms with E-state index in [2.05, 4.69) is 4.72 Å². The minimum absolute atomic E-state index is 0.0625. The van der Waals surface area contributed by atoms with Crippen molar-refractivity contribution in [3.05, 3.63) is 59.9 Å². The Kier molecular flexibility index (Phi) is 5.29. The van der Waals surface area contributed by atoms with E-state index in [1.165, 1.54) is 48.3 Å². The Morgan fingerprint density at radius 2 is 1.60 bits per heavy atom. The van der Waals surface area contributed by atoms with E-state index in [0.29, 0.717) is 0 Å². The Morgan fingerprint density at radius 3 is 2.12 bits per heavy atom. The Labute approximate surface area is 147 Å². The van der Waals surface area contributed by atoms with Gasteiger partial charge in [0.2, 0.25) is 10.0 Å². The van der Waals surface area contributed by atoms with Gasteiger partial charge in [0.25, 0.3) is 5.91 Å². The molecule has 134 valence electrons. The molecule has 0 bridgehead atoms. The van der Waals surface area contributed by atoms with E-state index in [9.17, 15) is 17.6 Å². The zero-order chi connectivity index (χ0) is 18.8. The number of benzene rings is 2. The van der Waals surface area contributed by atoms with E-state index < -0.39 is 27.3 Å². The van der Waals surface area contributed by atoms with Gasteiger partial charge in [-0.1, -0.05) is 12.1 Å². The van der Waals surface area contributed by atoms with Crippen molar-refractivity contribution in [2.24, 2.45) is 0 Å². The normalized spacial score (nSPS) is 12.0. The molecule has 0 fully saturated rings. The first-order chi connectivity index (χ1) is 11.5. The van der Waals surface area contributed by atoms with Crippen molar-refractivity contribution in [3.63, 3.8) is 0 Å². The van der Waals surface area contributed by atoms with Crippen molar-refractivity contribution in [1.82, 2.24) is 4.72 Å². The summed E-state index contributed by atoms with van der Waals surface area (Å²) in [6.45, 7) is 5.23. The Balaban J connectivity index is 2.25. The summed E-state index contributed by atoms with van der Waals surface area (Å²) in [5.74, 6) is -0.940. The molecule has 0 aliphatic carbocycles. The number of hydrogen-bond donors (Lipinski definition) is 1. The first-order valence-corrected chi connectivity index (χ1v) is 9.16. The number of hydrogen-bond acceptors (Lipinski definition) is 3. The Hall–Kier alpha value is -2.25. The molecule has 0 saturated heterocycles. The topological polar surface area (TPSA) is 66.5 Å². The van der Waals surface area contributed by atoms with Gasteiger partial charge in [0.1, 0.15) is 5.82 Å². The quantitative estimate of drug-likeness (QED) is 0.906. The van der Waals surface area contributed by atoms with Gasteiger partial charge in [-0.15, -0.1) is 0 Å². The van der Waals surface area contributed by atoms with Crippen LogP contribution in [-0.2, 0) is 10.0 Å². The fraction of sp³-hybridized carbons (Fsp3) is 0.278. The van der Waals surface area contributed by atoms with E-state index in [4.69, 9.17) is 0 Å². The maximum absolute atomic E-state index is 13.8. The second-order valence-electron chi connectivity index (χ2n) is 6.70. The van der Waals surface area contributed by atoms with Crippen molar-refractivity contribution >= 4 is 21.6 Å². The summed E-state index contributed by atoms with van der Waals surface area (Å²) in [5, 5.41) is 0. The SMILES string of the molecule is CN(C(=O)c1ccc(S(=O)(=O)NC(C)(C)C)cc1)c1ccccc1F. The molecule has 0 saturated carbocycles. The number of anilines is 1. The van der Waals surface area contributed by atoms with E-state index >= 15 is 0 Å². The van der Waals surface area contributed by atoms with Crippen LogP contribution < -0.4 is 9.62 Å². The van der Waals surface area contributed by atoms with Crippen molar-refractivity contribution in [2.45, 2.75) is 31.2 Å². The highest BCUT2D eigenvalue weighted by atomic mass is 32.2. The molecule has 0 radical (unpaired) electrons.